The van der Waals surface area contributed by atoms with Crippen molar-refractivity contribution in [3.05, 3.63) is 18.0 Å². The number of nitrogens with two attached hydrogens (primary N) is 1. The first-order chi connectivity index (χ1) is 8.31. The fourth-order valence-electron chi connectivity index (χ4n) is 1.50. The molecule has 102 valence electrons. The minimum Gasteiger partial charge on any atom is -0.321 e. The average Bonchev–Trinajstić information content (AvgIpc) is 2.72. The molecular weight excluding hydrogens is 254 g/mol. The summed E-state index contributed by atoms with van der Waals surface area (Å²) in [5.74, 6) is -0.219. The van der Waals surface area contributed by atoms with Gasteiger partial charge in [0.2, 0.25) is 0 Å². The van der Waals surface area contributed by atoms with Gasteiger partial charge in [0.05, 0.1) is 18.0 Å². The Morgan fingerprint density at radius 1 is 1.56 bits per heavy atom. The number of aromatic nitrogens is 2. The van der Waals surface area contributed by atoms with Crippen molar-refractivity contribution in [2.24, 2.45) is 5.73 Å². The van der Waals surface area contributed by atoms with Crippen LogP contribution in [0.1, 0.15) is 18.9 Å². The summed E-state index contributed by atoms with van der Waals surface area (Å²) in [5, 5.41) is 4.06. The van der Waals surface area contributed by atoms with E-state index in [1.54, 1.807) is 17.1 Å². The van der Waals surface area contributed by atoms with Crippen LogP contribution in [0, 0.1) is 0 Å². The van der Waals surface area contributed by atoms with Gasteiger partial charge < -0.3 is 5.73 Å². The molecule has 0 aliphatic heterocycles. The van der Waals surface area contributed by atoms with E-state index in [1.807, 2.05) is 6.92 Å². The molecule has 1 aromatic rings. The first-order valence-corrected chi connectivity index (χ1v) is 7.85. The van der Waals surface area contributed by atoms with E-state index in [-0.39, 0.29) is 24.4 Å². The molecule has 0 aliphatic carbocycles. The fourth-order valence-corrected chi connectivity index (χ4v) is 2.19. The quantitative estimate of drug-likeness (QED) is 0.741. The molecule has 1 atom stereocenters. The lowest BCUT2D eigenvalue weighted by atomic mass is 10.1. The van der Waals surface area contributed by atoms with Gasteiger partial charge in [-0.15, -0.1) is 0 Å². The number of nitrogens with zero attached hydrogens (tertiary/aromatic N) is 2. The second-order valence-electron chi connectivity index (χ2n) is 4.37. The summed E-state index contributed by atoms with van der Waals surface area (Å²) in [5.41, 5.74) is 6.47. The van der Waals surface area contributed by atoms with Crippen molar-refractivity contribution in [1.82, 2.24) is 9.78 Å². The molecule has 2 N–H and O–H groups in total. The Morgan fingerprint density at radius 2 is 2.22 bits per heavy atom. The van der Waals surface area contributed by atoms with E-state index in [2.05, 4.69) is 5.10 Å². The van der Waals surface area contributed by atoms with Crippen molar-refractivity contribution in [3.63, 3.8) is 0 Å². The Hall–Kier alpha value is -1.21. The van der Waals surface area contributed by atoms with Gasteiger partial charge in [0.25, 0.3) is 0 Å². The van der Waals surface area contributed by atoms with Crippen LogP contribution in [0.2, 0.25) is 0 Å². The number of Topliss-reactive ketones (excluding diaryl/α,β-unsaturated/α-hetero) is 1. The van der Waals surface area contributed by atoms with Crippen molar-refractivity contribution in [2.75, 3.05) is 12.0 Å². The zero-order valence-electron chi connectivity index (χ0n) is 10.7. The number of aryl methyl sites for hydroxylation is 1. The van der Waals surface area contributed by atoms with Gasteiger partial charge in [0.1, 0.15) is 9.84 Å². The molecule has 6 nitrogen and oxygen atoms in total. The van der Waals surface area contributed by atoms with Crippen LogP contribution >= 0.6 is 0 Å². The largest absolute Gasteiger partial charge is 0.321 e. The minimum absolute atomic E-state index is 0.0614. The van der Waals surface area contributed by atoms with Crippen LogP contribution in [0.3, 0.4) is 0 Å². The predicted octanol–water partition coefficient (Wildman–Crippen LogP) is -0.223. The second-order valence-corrected chi connectivity index (χ2v) is 6.63. The normalized spacial score (nSPS) is 13.5. The summed E-state index contributed by atoms with van der Waals surface area (Å²) < 4.78 is 23.7. The Balaban J connectivity index is 2.49. The van der Waals surface area contributed by atoms with Crippen LogP contribution < -0.4 is 5.73 Å². The molecule has 18 heavy (non-hydrogen) atoms. The Kier molecular flexibility index (Phi) is 5.03. The Bertz CT molecular complexity index is 507. The van der Waals surface area contributed by atoms with E-state index < -0.39 is 15.9 Å². The highest BCUT2D eigenvalue weighted by molar-refractivity contribution is 7.90. The molecule has 1 unspecified atom stereocenters. The molecule has 0 aromatic carbocycles. The smallest absolute Gasteiger partial charge is 0.154 e. The molecule has 0 radical (unpaired) electrons. The monoisotopic (exact) mass is 273 g/mol. The van der Waals surface area contributed by atoms with E-state index in [1.165, 1.54) is 0 Å². The predicted molar refractivity (Wildman–Crippen MR) is 68.9 cm³/mol. The minimum atomic E-state index is -3.07. The van der Waals surface area contributed by atoms with E-state index in [9.17, 15) is 13.2 Å². The summed E-state index contributed by atoms with van der Waals surface area (Å²) in [7, 11) is -3.07. The molecule has 0 saturated heterocycles. The number of sulfone groups is 1. The average molecular weight is 273 g/mol. The van der Waals surface area contributed by atoms with Gasteiger partial charge in [-0.2, -0.15) is 5.10 Å². The maximum absolute atomic E-state index is 11.8. The van der Waals surface area contributed by atoms with Gasteiger partial charge in [-0.25, -0.2) is 8.42 Å². The van der Waals surface area contributed by atoms with Crippen LogP contribution in [0.5, 0.6) is 0 Å². The lowest BCUT2D eigenvalue weighted by Gasteiger charge is -2.08. The Labute approximate surface area is 107 Å². The summed E-state index contributed by atoms with van der Waals surface area (Å²) in [6.07, 6.45) is 4.92. The van der Waals surface area contributed by atoms with Crippen LogP contribution in [-0.2, 0) is 27.6 Å². The van der Waals surface area contributed by atoms with Crippen molar-refractivity contribution in [2.45, 2.75) is 32.4 Å². The molecule has 0 bridgehead atoms. The highest BCUT2D eigenvalue weighted by atomic mass is 32.2. The fraction of sp³-hybridized carbons (Fsp3) is 0.636. The highest BCUT2D eigenvalue weighted by Crippen LogP contribution is 2.03. The van der Waals surface area contributed by atoms with Gasteiger partial charge in [-0.3, -0.25) is 9.48 Å². The van der Waals surface area contributed by atoms with Gasteiger partial charge in [-0.1, -0.05) is 0 Å². The highest BCUT2D eigenvalue weighted by Gasteiger charge is 2.16. The van der Waals surface area contributed by atoms with Crippen LogP contribution in [0.4, 0.5) is 0 Å². The molecule has 0 saturated carbocycles. The molecule has 1 rings (SSSR count). The number of hydrogen-bond acceptors (Lipinski definition) is 5. The number of carbonyl (C=O) groups excluding carboxylic acids is 1. The van der Waals surface area contributed by atoms with Gasteiger partial charge in [0.15, 0.2) is 5.78 Å². The number of carbonyl (C=O) groups is 1. The molecule has 0 fully saturated rings. The van der Waals surface area contributed by atoms with Crippen LogP contribution in [-0.4, -0.2) is 42.0 Å². The van der Waals surface area contributed by atoms with E-state index >= 15 is 0 Å². The number of hydrogen-bond donors (Lipinski definition) is 1. The van der Waals surface area contributed by atoms with Crippen molar-refractivity contribution in [3.8, 4) is 0 Å². The lowest BCUT2D eigenvalue weighted by Crippen LogP contribution is -2.33. The number of ketones is 1. The molecule has 0 aliphatic rings. The van der Waals surface area contributed by atoms with Crippen LogP contribution in [0.25, 0.3) is 0 Å². The summed E-state index contributed by atoms with van der Waals surface area (Å²) in [6.45, 7) is 2.70. The first-order valence-electron chi connectivity index (χ1n) is 5.79. The van der Waals surface area contributed by atoms with Crippen molar-refractivity contribution < 1.29 is 13.2 Å². The maximum Gasteiger partial charge on any atom is 0.154 e. The van der Waals surface area contributed by atoms with Crippen LogP contribution in [0.15, 0.2) is 12.4 Å². The van der Waals surface area contributed by atoms with Gasteiger partial charge in [0, 0.05) is 25.4 Å². The van der Waals surface area contributed by atoms with E-state index in [0.29, 0.717) is 0 Å². The summed E-state index contributed by atoms with van der Waals surface area (Å²) in [4.78, 5) is 11.8. The second kappa shape index (κ2) is 6.10. The van der Waals surface area contributed by atoms with Gasteiger partial charge >= 0.3 is 0 Å². The SMILES string of the molecule is CCn1cc(CC(=O)C(N)CCS(C)(=O)=O)cn1. The summed E-state index contributed by atoms with van der Waals surface area (Å²) in [6, 6.07) is -0.732. The molecule has 0 spiro atoms. The molecule has 0 amide bonds. The Morgan fingerprint density at radius 3 is 2.72 bits per heavy atom. The van der Waals surface area contributed by atoms with E-state index in [0.717, 1.165) is 18.4 Å². The zero-order chi connectivity index (χ0) is 13.8. The zero-order valence-corrected chi connectivity index (χ0v) is 11.5. The third-order valence-electron chi connectivity index (χ3n) is 2.60. The van der Waals surface area contributed by atoms with Crippen molar-refractivity contribution in [1.29, 1.82) is 0 Å². The number of rotatable bonds is 7. The third kappa shape index (κ3) is 4.97. The molecule has 7 heteroatoms. The molecular formula is C11H19N3O3S. The molecule has 1 heterocycles. The first kappa shape index (κ1) is 14.8. The molecule has 1 aromatic heterocycles. The van der Waals surface area contributed by atoms with Crippen molar-refractivity contribution >= 4 is 15.6 Å². The van der Waals surface area contributed by atoms with E-state index in [4.69, 9.17) is 5.73 Å². The third-order valence-corrected chi connectivity index (χ3v) is 3.58. The summed E-state index contributed by atoms with van der Waals surface area (Å²) >= 11 is 0. The lowest BCUT2D eigenvalue weighted by molar-refractivity contribution is -0.119. The topological polar surface area (TPSA) is 95.0 Å². The standard InChI is InChI=1S/C11H19N3O3S/c1-3-14-8-9(7-13-14)6-11(15)10(12)4-5-18(2,16)17/h7-8,10H,3-6,12H2,1-2H3. The maximum atomic E-state index is 11.8. The van der Waals surface area contributed by atoms with Gasteiger partial charge in [-0.05, 0) is 18.9 Å².